The number of aromatic nitrogens is 8. The van der Waals surface area contributed by atoms with Crippen LogP contribution in [0.1, 0.15) is 289 Å². The van der Waals surface area contributed by atoms with Gasteiger partial charge in [0.05, 0.1) is 82.1 Å². The largest absolute Gasteiger partial charge is 0.488 e. The molecule has 0 spiro atoms. The Kier molecular flexibility index (Phi) is 26.5. The van der Waals surface area contributed by atoms with Crippen molar-refractivity contribution >= 4 is 123 Å². The lowest BCUT2D eigenvalue weighted by molar-refractivity contribution is 0.292. The van der Waals surface area contributed by atoms with Crippen molar-refractivity contribution in [2.24, 2.45) is 0 Å². The van der Waals surface area contributed by atoms with Crippen LogP contribution in [0.15, 0.2) is 167 Å². The second-order valence-corrected chi connectivity index (χ2v) is 37.2. The Labute approximate surface area is 728 Å². The van der Waals surface area contributed by atoms with Crippen LogP contribution in [0, 0.1) is 13.8 Å². The van der Waals surface area contributed by atoms with E-state index in [1.54, 1.807) is 0 Å². The second-order valence-electron chi connectivity index (χ2n) is 35.6. The first-order chi connectivity index (χ1) is 58.1. The van der Waals surface area contributed by atoms with E-state index >= 15 is 0 Å². The van der Waals surface area contributed by atoms with Crippen LogP contribution >= 0.6 is 31.9 Å². The maximum atomic E-state index is 7.22. The smallest absolute Gasteiger partial charge is 0.131 e. The minimum Gasteiger partial charge on any atom is -0.488 e. The Bertz CT molecular complexity index is 6030. The number of allylic oxidation sites excluding steroid dienone is 4. The first-order valence-corrected chi connectivity index (χ1v) is 46.1. The van der Waals surface area contributed by atoms with E-state index in [9.17, 15) is 0 Å². The number of hydrogen-bond donors (Lipinski definition) is 4. The molecule has 10 heterocycles. The Morgan fingerprint density at radius 2 is 0.717 bits per heavy atom. The summed E-state index contributed by atoms with van der Waals surface area (Å²) in [6, 6.07) is 57.4. The van der Waals surface area contributed by atoms with Crippen LogP contribution in [0.5, 0.6) is 11.5 Å². The quantitative estimate of drug-likeness (QED) is 0.0332. The number of fused-ring (bicyclic) bond motifs is 16. The predicted molar refractivity (Wildman–Crippen MR) is 517 cm³/mol. The third kappa shape index (κ3) is 18.2. The molecule has 0 saturated carbocycles. The van der Waals surface area contributed by atoms with Gasteiger partial charge in [0.15, 0.2) is 0 Å². The van der Waals surface area contributed by atoms with Gasteiger partial charge in [0.2, 0.25) is 0 Å². The summed E-state index contributed by atoms with van der Waals surface area (Å²) >= 11 is 8.26. The molecule has 12 heteroatoms. The van der Waals surface area contributed by atoms with E-state index in [0.717, 1.165) is 268 Å². The summed E-state index contributed by atoms with van der Waals surface area (Å²) in [7, 11) is 0. The van der Waals surface area contributed by atoms with Gasteiger partial charge in [0.1, 0.15) is 24.7 Å². The maximum Gasteiger partial charge on any atom is 0.131 e. The molecule has 0 radical (unpaired) electrons. The zero-order chi connectivity index (χ0) is 83.9. The molecule has 0 aliphatic carbocycles. The highest BCUT2D eigenvalue weighted by Gasteiger charge is 2.31. The highest BCUT2D eigenvalue weighted by molar-refractivity contribution is 9.11. The highest BCUT2D eigenvalue weighted by atomic mass is 79.9. The molecule has 10 nitrogen and oxygen atoms in total. The van der Waals surface area contributed by atoms with Gasteiger partial charge in [-0.25, -0.2) is 19.9 Å². The summed E-state index contributed by atoms with van der Waals surface area (Å²) in [4.78, 5) is 39.8. The minimum atomic E-state index is -0.0834. The number of nitrogens with one attached hydrogen (secondary N) is 4. The topological polar surface area (TPSA) is 133 Å². The Hall–Kier alpha value is -10.1. The summed E-state index contributed by atoms with van der Waals surface area (Å²) in [6.45, 7) is 33.2. The Morgan fingerprint density at radius 1 is 0.333 bits per heavy atom. The minimum absolute atomic E-state index is 0.0834. The third-order valence-corrected chi connectivity index (χ3v) is 26.6. The lowest BCUT2D eigenvalue weighted by atomic mass is 9.79. The fourth-order valence-electron chi connectivity index (χ4n) is 17.9. The van der Waals surface area contributed by atoms with Crippen molar-refractivity contribution in [1.29, 1.82) is 0 Å². The molecule has 0 atom stereocenters. The first kappa shape index (κ1) is 84.9. The van der Waals surface area contributed by atoms with Crippen molar-refractivity contribution < 1.29 is 9.47 Å². The fourth-order valence-corrected chi connectivity index (χ4v) is 18.8. The molecule has 5 aromatic carbocycles. The van der Waals surface area contributed by atoms with Crippen LogP contribution in [-0.4, -0.2) is 39.9 Å². The van der Waals surface area contributed by atoms with Crippen molar-refractivity contribution in [2.45, 2.75) is 249 Å². The Morgan fingerprint density at radius 3 is 1.14 bits per heavy atom. The van der Waals surface area contributed by atoms with Gasteiger partial charge >= 0.3 is 0 Å². The van der Waals surface area contributed by atoms with Crippen molar-refractivity contribution in [2.75, 3.05) is 0 Å². The number of H-pyrrole nitrogens is 4. The molecule has 4 N–H and O–H groups in total. The molecular weight excluding hydrogens is 1600 g/mol. The van der Waals surface area contributed by atoms with Gasteiger partial charge < -0.3 is 29.4 Å². The number of ether oxygens (including phenoxy) is 2. The van der Waals surface area contributed by atoms with Crippen LogP contribution in [0.25, 0.3) is 135 Å². The summed E-state index contributed by atoms with van der Waals surface area (Å²) in [6.07, 6.45) is 30.3. The molecule has 0 fully saturated rings. The fraction of sp³-hybridized carbons (Fsp3) is 0.352. The molecule has 11 aromatic rings. The molecule has 618 valence electrons. The standard InChI is InChI=1S/C108H120Br2N8O2/c1-15-19-23-33-42-78-67(5)103-98(74-50-48-73(49-51-74)96-82-52-56-86(111-82)101(109)88-58-54-84(113-88)97(75-60-76(107(9,10)11)62-77(61-75)108(12,13)14)85-55-59-89(114-85)102(110)87-57-53-83(96)112-87)104-68(6)79(43-34-24-20-16-2)91(116-104)64-93-81(45-36-26-22-18-4)70(8)106(118-93)100(105-69(7)80(44-35-25-21-17-3)92(117-105)63-90(78)115-103)99-94(119-65-71-38-29-27-30-39-71)46-37-47-95(99)120-66-72-40-31-28-32-41-72/h27-32,37-41,46-64,111,114-115,118H,15-26,33-36,42-45,65-66H2,1-14H3. The van der Waals surface area contributed by atoms with Crippen molar-refractivity contribution in [1.82, 2.24) is 39.9 Å². The van der Waals surface area contributed by atoms with Crippen LogP contribution in [0.4, 0.5) is 0 Å². The number of benzene rings is 5. The van der Waals surface area contributed by atoms with Gasteiger partial charge in [0.25, 0.3) is 0 Å². The molecule has 4 aliphatic rings. The van der Waals surface area contributed by atoms with E-state index in [-0.39, 0.29) is 10.8 Å². The number of halogens is 2. The summed E-state index contributed by atoms with van der Waals surface area (Å²) in [5, 5.41) is 0. The van der Waals surface area contributed by atoms with Gasteiger partial charge in [-0.05, 0) is 278 Å². The summed E-state index contributed by atoms with van der Waals surface area (Å²) < 4.78 is 16.2. The molecule has 6 aromatic heterocycles. The second kappa shape index (κ2) is 37.5. The van der Waals surface area contributed by atoms with E-state index in [4.69, 9.17) is 29.4 Å². The van der Waals surface area contributed by atoms with Gasteiger partial charge in [-0.1, -0.05) is 255 Å². The zero-order valence-electron chi connectivity index (χ0n) is 73.2. The van der Waals surface area contributed by atoms with Crippen molar-refractivity contribution in [3.8, 4) is 56.0 Å². The molecule has 0 unspecified atom stereocenters. The van der Waals surface area contributed by atoms with Crippen LogP contribution in [0.2, 0.25) is 0 Å². The average Bonchev–Trinajstić information content (AvgIpc) is 1.58. The van der Waals surface area contributed by atoms with E-state index in [2.05, 4.69) is 331 Å². The lowest BCUT2D eigenvalue weighted by Crippen LogP contribution is -2.16. The number of hydrogen-bond acceptors (Lipinski definition) is 6. The SMILES string of the molecule is CCCCCCC1=C(C)c2nc1cc1[nH]c(c(C)c1CCCCCC)c(-c1c(OCc3ccccc3)cccc1OCc1ccccc1)c1nc(cc3[nH]c(c(C)c3CCCCCC)c2-c2ccc(-c3c4nc(c(Br)c5ccc([nH]5)c(-c5cc(C(C)(C)C)cc(C(C)(C)C)c5)c5nc(c(Br)c6ccc3[nH]6)C=C5)C=C4)cc2)C(CCCCCC)=C1C. The van der Waals surface area contributed by atoms with Gasteiger partial charge in [0, 0.05) is 44.3 Å². The van der Waals surface area contributed by atoms with Crippen molar-refractivity contribution in [3.63, 3.8) is 0 Å². The number of rotatable bonds is 30. The predicted octanol–water partition coefficient (Wildman–Crippen LogP) is 31.9. The molecule has 0 amide bonds. The maximum absolute atomic E-state index is 7.22. The highest BCUT2D eigenvalue weighted by Crippen LogP contribution is 2.51. The summed E-state index contributed by atoms with van der Waals surface area (Å²) in [5.74, 6) is 1.48. The van der Waals surface area contributed by atoms with Crippen LogP contribution in [0.3, 0.4) is 0 Å². The first-order valence-electron chi connectivity index (χ1n) is 44.5. The number of nitrogens with zero attached hydrogens (tertiary/aromatic N) is 4. The number of aromatic amines is 4. The van der Waals surface area contributed by atoms with E-state index in [0.29, 0.717) is 13.2 Å². The summed E-state index contributed by atoms with van der Waals surface area (Å²) in [5.41, 5.74) is 38.1. The van der Waals surface area contributed by atoms with Gasteiger partial charge in [-0.3, -0.25) is 0 Å². The zero-order valence-corrected chi connectivity index (χ0v) is 76.4. The molecule has 15 rings (SSSR count). The van der Waals surface area contributed by atoms with E-state index in [1.807, 2.05) is 0 Å². The van der Waals surface area contributed by atoms with Gasteiger partial charge in [-0.15, -0.1) is 0 Å². The molecule has 120 heavy (non-hydrogen) atoms. The van der Waals surface area contributed by atoms with E-state index < -0.39 is 0 Å². The molecule has 4 aliphatic heterocycles. The normalized spacial score (nSPS) is 12.9. The number of aryl methyl sites for hydroxylation is 4. The average molecular weight is 1720 g/mol. The van der Waals surface area contributed by atoms with Gasteiger partial charge in [-0.2, -0.15) is 0 Å². The molecule has 0 saturated heterocycles. The van der Waals surface area contributed by atoms with Crippen LogP contribution < -0.4 is 9.47 Å². The van der Waals surface area contributed by atoms with E-state index in [1.165, 1.54) is 81.4 Å². The van der Waals surface area contributed by atoms with Crippen LogP contribution in [-0.2, 0) is 36.9 Å². The lowest BCUT2D eigenvalue weighted by Gasteiger charge is -2.26. The molecular formula is C108H120Br2N8O2. The third-order valence-electron chi connectivity index (χ3n) is 24.9. The molecule has 16 bridgehead atoms. The Balaban J connectivity index is 0.995. The van der Waals surface area contributed by atoms with Crippen molar-refractivity contribution in [3.05, 3.63) is 257 Å². The monoisotopic (exact) mass is 1720 g/mol. The number of unbranched alkanes of at least 4 members (excludes halogenated alkanes) is 12.